The van der Waals surface area contributed by atoms with Crippen molar-refractivity contribution < 1.29 is 4.79 Å². The maximum atomic E-state index is 12.7. The fraction of sp³-hybridized carbons (Fsp3) is 0.273. The van der Waals surface area contributed by atoms with E-state index in [9.17, 15) is 4.79 Å². The van der Waals surface area contributed by atoms with E-state index < -0.39 is 0 Å². The molecule has 148 valence electrons. The van der Waals surface area contributed by atoms with Crippen LogP contribution >= 0.6 is 0 Å². The third-order valence-electron chi connectivity index (χ3n) is 4.84. The topological polar surface area (TPSA) is 83.0 Å². The van der Waals surface area contributed by atoms with Crippen LogP contribution in [0.25, 0.3) is 0 Å². The number of rotatable bonds is 6. The standard InChI is InChI=1S/C22H24N6O/c1-16-14-20(27-22(25-16)24-15-18-6-2-3-11-23-18)21(29)26-17-7-9-19(10-8-17)28-12-4-5-13-28/h2-3,6-11,14H,4-5,12-13,15H2,1H3,(H,26,29)(H,24,25,27). The third kappa shape index (κ3) is 4.87. The minimum absolute atomic E-state index is 0.259. The average molecular weight is 388 g/mol. The average Bonchev–Trinajstić information content (AvgIpc) is 3.28. The van der Waals surface area contributed by atoms with Crippen LogP contribution in [0, 0.1) is 6.92 Å². The van der Waals surface area contributed by atoms with Crippen LogP contribution in [0.1, 0.15) is 34.7 Å². The van der Waals surface area contributed by atoms with Gasteiger partial charge in [-0.1, -0.05) is 6.07 Å². The second-order valence-electron chi connectivity index (χ2n) is 7.09. The number of nitrogens with one attached hydrogen (secondary N) is 2. The van der Waals surface area contributed by atoms with Crippen molar-refractivity contribution in [3.63, 3.8) is 0 Å². The normalized spacial score (nSPS) is 13.3. The molecule has 0 aliphatic carbocycles. The fourth-order valence-corrected chi connectivity index (χ4v) is 3.36. The molecule has 3 heterocycles. The highest BCUT2D eigenvalue weighted by atomic mass is 16.1. The predicted molar refractivity (Wildman–Crippen MR) is 114 cm³/mol. The number of pyridine rings is 1. The van der Waals surface area contributed by atoms with Gasteiger partial charge in [0, 0.05) is 36.4 Å². The largest absolute Gasteiger partial charge is 0.372 e. The van der Waals surface area contributed by atoms with E-state index in [0.717, 1.165) is 30.2 Å². The van der Waals surface area contributed by atoms with E-state index in [-0.39, 0.29) is 5.91 Å². The lowest BCUT2D eigenvalue weighted by atomic mass is 10.2. The molecule has 0 unspecified atom stereocenters. The van der Waals surface area contributed by atoms with Crippen molar-refractivity contribution in [2.24, 2.45) is 0 Å². The molecular weight excluding hydrogens is 364 g/mol. The second kappa shape index (κ2) is 8.68. The number of amides is 1. The first-order valence-electron chi connectivity index (χ1n) is 9.83. The van der Waals surface area contributed by atoms with Crippen LogP contribution in [0.15, 0.2) is 54.7 Å². The number of aromatic nitrogens is 3. The second-order valence-corrected chi connectivity index (χ2v) is 7.09. The highest BCUT2D eigenvalue weighted by molar-refractivity contribution is 6.03. The summed E-state index contributed by atoms with van der Waals surface area (Å²) in [6, 6.07) is 15.3. The SMILES string of the molecule is Cc1cc(C(=O)Nc2ccc(N3CCCC3)cc2)nc(NCc2ccccn2)n1. The van der Waals surface area contributed by atoms with Crippen molar-refractivity contribution in [1.29, 1.82) is 0 Å². The van der Waals surface area contributed by atoms with Crippen LogP contribution in [-0.4, -0.2) is 33.9 Å². The number of aryl methyl sites for hydroxylation is 1. The summed E-state index contributed by atoms with van der Waals surface area (Å²) in [5.41, 5.74) is 3.86. The van der Waals surface area contributed by atoms with Crippen LogP contribution < -0.4 is 15.5 Å². The Hall–Kier alpha value is -3.48. The molecule has 0 bridgehead atoms. The minimum atomic E-state index is -0.259. The van der Waals surface area contributed by atoms with E-state index >= 15 is 0 Å². The summed E-state index contributed by atoms with van der Waals surface area (Å²) in [4.78, 5) is 28.0. The predicted octanol–water partition coefficient (Wildman–Crippen LogP) is 3.64. The van der Waals surface area contributed by atoms with Crippen molar-refractivity contribution in [3.05, 3.63) is 71.8 Å². The smallest absolute Gasteiger partial charge is 0.274 e. The first kappa shape index (κ1) is 18.9. The molecule has 7 heteroatoms. The summed E-state index contributed by atoms with van der Waals surface area (Å²) in [7, 11) is 0. The molecule has 0 spiro atoms. The van der Waals surface area contributed by atoms with E-state index in [0.29, 0.717) is 18.2 Å². The molecule has 0 saturated carbocycles. The summed E-state index contributed by atoms with van der Waals surface area (Å²) in [5, 5.41) is 6.05. The molecule has 29 heavy (non-hydrogen) atoms. The molecule has 0 atom stereocenters. The lowest BCUT2D eigenvalue weighted by Gasteiger charge is -2.17. The summed E-state index contributed by atoms with van der Waals surface area (Å²) < 4.78 is 0. The summed E-state index contributed by atoms with van der Waals surface area (Å²) >= 11 is 0. The van der Waals surface area contributed by atoms with Crippen molar-refractivity contribution in [3.8, 4) is 0 Å². The van der Waals surface area contributed by atoms with Crippen LogP contribution in [0.5, 0.6) is 0 Å². The molecule has 1 aliphatic rings. The van der Waals surface area contributed by atoms with Gasteiger partial charge in [-0.25, -0.2) is 9.97 Å². The van der Waals surface area contributed by atoms with E-state index in [1.165, 1.54) is 18.5 Å². The van der Waals surface area contributed by atoms with Crippen LogP contribution in [0.3, 0.4) is 0 Å². The fourth-order valence-electron chi connectivity index (χ4n) is 3.36. The van der Waals surface area contributed by atoms with E-state index in [4.69, 9.17) is 0 Å². The number of benzene rings is 1. The monoisotopic (exact) mass is 388 g/mol. The highest BCUT2D eigenvalue weighted by Crippen LogP contribution is 2.22. The Bertz CT molecular complexity index is 968. The lowest BCUT2D eigenvalue weighted by molar-refractivity contribution is 0.102. The number of carbonyl (C=O) groups is 1. The van der Waals surface area contributed by atoms with Crippen molar-refractivity contribution in [2.45, 2.75) is 26.3 Å². The maximum Gasteiger partial charge on any atom is 0.274 e. The van der Waals surface area contributed by atoms with Gasteiger partial charge in [-0.05, 0) is 62.2 Å². The van der Waals surface area contributed by atoms with Gasteiger partial charge in [0.15, 0.2) is 0 Å². The molecule has 2 N–H and O–H groups in total. The quantitative estimate of drug-likeness (QED) is 0.671. The van der Waals surface area contributed by atoms with Gasteiger partial charge in [-0.3, -0.25) is 9.78 Å². The van der Waals surface area contributed by atoms with Gasteiger partial charge in [0.2, 0.25) is 5.95 Å². The Kier molecular flexibility index (Phi) is 5.65. The molecule has 1 aliphatic heterocycles. The number of hydrogen-bond donors (Lipinski definition) is 2. The van der Waals surface area contributed by atoms with E-state index in [2.05, 4.69) is 30.5 Å². The van der Waals surface area contributed by atoms with Crippen molar-refractivity contribution in [2.75, 3.05) is 28.6 Å². The highest BCUT2D eigenvalue weighted by Gasteiger charge is 2.14. The number of hydrogen-bond acceptors (Lipinski definition) is 6. The summed E-state index contributed by atoms with van der Waals surface area (Å²) in [5.74, 6) is 0.149. The van der Waals surface area contributed by atoms with Crippen LogP contribution in [0.2, 0.25) is 0 Å². The van der Waals surface area contributed by atoms with Gasteiger partial charge in [-0.2, -0.15) is 0 Å². The molecule has 4 rings (SSSR count). The lowest BCUT2D eigenvalue weighted by Crippen LogP contribution is -2.18. The Morgan fingerprint density at radius 1 is 1.07 bits per heavy atom. The maximum absolute atomic E-state index is 12.7. The van der Waals surface area contributed by atoms with Crippen molar-refractivity contribution >= 4 is 23.2 Å². The van der Waals surface area contributed by atoms with Crippen LogP contribution in [-0.2, 0) is 6.54 Å². The molecule has 3 aromatic rings. The number of anilines is 3. The zero-order valence-electron chi connectivity index (χ0n) is 16.4. The van der Waals surface area contributed by atoms with Crippen molar-refractivity contribution in [1.82, 2.24) is 15.0 Å². The van der Waals surface area contributed by atoms with Gasteiger partial charge in [-0.15, -0.1) is 0 Å². The van der Waals surface area contributed by atoms with Gasteiger partial charge in [0.25, 0.3) is 5.91 Å². The molecule has 1 saturated heterocycles. The van der Waals surface area contributed by atoms with Gasteiger partial charge >= 0.3 is 0 Å². The van der Waals surface area contributed by atoms with Gasteiger partial charge < -0.3 is 15.5 Å². The Morgan fingerprint density at radius 2 is 1.86 bits per heavy atom. The zero-order valence-corrected chi connectivity index (χ0v) is 16.4. The van der Waals surface area contributed by atoms with E-state index in [1.807, 2.05) is 49.4 Å². The van der Waals surface area contributed by atoms with Gasteiger partial charge in [0.05, 0.1) is 12.2 Å². The zero-order chi connectivity index (χ0) is 20.1. The number of carbonyl (C=O) groups excluding carboxylic acids is 1. The molecule has 0 radical (unpaired) electrons. The van der Waals surface area contributed by atoms with Crippen LogP contribution in [0.4, 0.5) is 17.3 Å². The Labute approximate surface area is 170 Å². The van der Waals surface area contributed by atoms with E-state index in [1.54, 1.807) is 12.3 Å². The first-order chi connectivity index (χ1) is 14.2. The Morgan fingerprint density at radius 3 is 2.59 bits per heavy atom. The molecule has 2 aromatic heterocycles. The summed E-state index contributed by atoms with van der Waals surface area (Å²) in [6.45, 7) is 4.53. The Balaban J connectivity index is 1.42. The van der Waals surface area contributed by atoms with Gasteiger partial charge in [0.1, 0.15) is 5.69 Å². The minimum Gasteiger partial charge on any atom is -0.372 e. The molecule has 1 amide bonds. The number of nitrogens with zero attached hydrogens (tertiary/aromatic N) is 4. The first-order valence-corrected chi connectivity index (χ1v) is 9.83. The molecular formula is C22H24N6O. The third-order valence-corrected chi connectivity index (χ3v) is 4.84. The molecule has 1 aromatic carbocycles. The summed E-state index contributed by atoms with van der Waals surface area (Å²) in [6.07, 6.45) is 4.21. The molecule has 1 fully saturated rings. The molecule has 7 nitrogen and oxygen atoms in total.